The average molecular weight is 630 g/mol. The molecule has 11 heteroatoms. The number of rotatable bonds is 15. The minimum Gasteiger partial charge on any atom is -0.461 e. The summed E-state index contributed by atoms with van der Waals surface area (Å²) in [5.41, 5.74) is 0.512. The molecule has 4 atom stereocenters. The maximum atomic E-state index is 13.4. The number of aromatic nitrogens is 1. The Hall–Kier alpha value is -3.73. The molecule has 0 fully saturated rings. The first-order valence-electron chi connectivity index (χ1n) is 14.8. The SMILES string of the molecule is C=CCOC(=O)C(C)C[C@H](Cc1ccccc1)NC(=O)c1csc([C@@H](C[C@H](C(C)C)N(C)C(=O)OC(C)(C)C)OC(C)=O)n1. The van der Waals surface area contributed by atoms with Gasteiger partial charge in [-0.05, 0) is 45.1 Å². The number of thiazole rings is 1. The number of amides is 2. The van der Waals surface area contributed by atoms with E-state index in [0.717, 1.165) is 5.56 Å². The summed E-state index contributed by atoms with van der Waals surface area (Å²) in [5, 5.41) is 5.09. The number of ether oxygens (including phenoxy) is 3. The molecule has 1 N–H and O–H groups in total. The van der Waals surface area contributed by atoms with Crippen LogP contribution in [-0.4, -0.2) is 65.2 Å². The number of benzene rings is 1. The molecule has 0 aliphatic rings. The standard InChI is InChI=1S/C33H47N3O7S/c1-10-16-41-31(39)22(4)17-25(18-24-14-12-11-13-15-24)34-29(38)26-20-44-30(35-26)28(42-23(5)37)19-27(21(2)3)36(9)32(40)43-33(6,7)8/h10-15,20-22,25,27-28H,1,16-19H2,2-9H3,(H,34,38)/t22?,25-,27-,28-/m1/s1. The van der Waals surface area contributed by atoms with Gasteiger partial charge in [-0.15, -0.1) is 11.3 Å². The van der Waals surface area contributed by atoms with E-state index in [1.807, 2.05) is 44.2 Å². The molecule has 1 aromatic heterocycles. The summed E-state index contributed by atoms with van der Waals surface area (Å²) in [7, 11) is 1.66. The van der Waals surface area contributed by atoms with Gasteiger partial charge in [-0.2, -0.15) is 0 Å². The fraction of sp³-hybridized carbons (Fsp3) is 0.545. The van der Waals surface area contributed by atoms with Crippen LogP contribution < -0.4 is 5.32 Å². The molecule has 2 amide bonds. The van der Waals surface area contributed by atoms with Gasteiger partial charge in [0.25, 0.3) is 5.91 Å². The summed E-state index contributed by atoms with van der Waals surface area (Å²) >= 11 is 1.20. The van der Waals surface area contributed by atoms with E-state index in [9.17, 15) is 19.2 Å². The Morgan fingerprint density at radius 3 is 2.32 bits per heavy atom. The van der Waals surface area contributed by atoms with Gasteiger partial charge in [-0.1, -0.05) is 63.8 Å². The Kier molecular flexibility index (Phi) is 14.0. The second-order valence-corrected chi connectivity index (χ2v) is 13.1. The number of hydrogen-bond donors (Lipinski definition) is 1. The van der Waals surface area contributed by atoms with Crippen molar-refractivity contribution in [3.8, 4) is 0 Å². The first kappa shape index (κ1) is 36.5. The van der Waals surface area contributed by atoms with Crippen LogP contribution in [0.2, 0.25) is 0 Å². The molecule has 0 aliphatic carbocycles. The van der Waals surface area contributed by atoms with E-state index < -0.39 is 35.6 Å². The largest absolute Gasteiger partial charge is 0.461 e. The van der Waals surface area contributed by atoms with Gasteiger partial charge in [-0.3, -0.25) is 14.4 Å². The van der Waals surface area contributed by atoms with Crippen molar-refractivity contribution in [1.29, 1.82) is 0 Å². The van der Waals surface area contributed by atoms with E-state index in [2.05, 4.69) is 16.9 Å². The molecular weight excluding hydrogens is 582 g/mol. The Morgan fingerprint density at radius 1 is 1.09 bits per heavy atom. The maximum Gasteiger partial charge on any atom is 0.410 e. The number of nitrogens with zero attached hydrogens (tertiary/aromatic N) is 2. The third-order valence-electron chi connectivity index (χ3n) is 6.79. The predicted octanol–water partition coefficient (Wildman–Crippen LogP) is 6.13. The zero-order valence-corrected chi connectivity index (χ0v) is 27.9. The van der Waals surface area contributed by atoms with Crippen molar-refractivity contribution in [3.63, 3.8) is 0 Å². The minimum absolute atomic E-state index is 0.00668. The van der Waals surface area contributed by atoms with Crippen molar-refractivity contribution in [3.05, 3.63) is 64.6 Å². The summed E-state index contributed by atoms with van der Waals surface area (Å²) in [5.74, 6) is -1.73. The van der Waals surface area contributed by atoms with Crippen molar-refractivity contribution < 1.29 is 33.4 Å². The van der Waals surface area contributed by atoms with Crippen molar-refractivity contribution in [2.45, 2.75) is 91.5 Å². The summed E-state index contributed by atoms with van der Waals surface area (Å²) in [6.45, 7) is 16.1. The Morgan fingerprint density at radius 2 is 1.75 bits per heavy atom. The lowest BCUT2D eigenvalue weighted by Gasteiger charge is -2.34. The zero-order chi connectivity index (χ0) is 33.0. The zero-order valence-electron chi connectivity index (χ0n) is 27.1. The Bertz CT molecular complexity index is 1260. The lowest BCUT2D eigenvalue weighted by Crippen LogP contribution is -2.44. The molecule has 1 aromatic carbocycles. The second-order valence-electron chi connectivity index (χ2n) is 12.2. The fourth-order valence-electron chi connectivity index (χ4n) is 4.66. The summed E-state index contributed by atoms with van der Waals surface area (Å²) in [6, 6.07) is 8.96. The third kappa shape index (κ3) is 12.1. The van der Waals surface area contributed by atoms with Crippen LogP contribution in [0.1, 0.15) is 88.5 Å². The van der Waals surface area contributed by atoms with Crippen molar-refractivity contribution in [2.24, 2.45) is 11.8 Å². The summed E-state index contributed by atoms with van der Waals surface area (Å²) in [6.07, 6.45) is 1.38. The highest BCUT2D eigenvalue weighted by molar-refractivity contribution is 7.09. The van der Waals surface area contributed by atoms with E-state index >= 15 is 0 Å². The number of esters is 2. The Labute approximate surface area is 265 Å². The lowest BCUT2D eigenvalue weighted by atomic mass is 9.96. The number of carbonyl (C=O) groups is 4. The van der Waals surface area contributed by atoms with Crippen LogP contribution in [-0.2, 0) is 30.2 Å². The van der Waals surface area contributed by atoms with Crippen LogP contribution in [0.3, 0.4) is 0 Å². The highest BCUT2D eigenvalue weighted by atomic mass is 32.1. The van der Waals surface area contributed by atoms with Crippen LogP contribution in [0.4, 0.5) is 4.79 Å². The molecule has 0 bridgehead atoms. The van der Waals surface area contributed by atoms with Gasteiger partial charge in [0.1, 0.15) is 22.9 Å². The molecule has 2 rings (SSSR count). The molecule has 0 saturated heterocycles. The monoisotopic (exact) mass is 629 g/mol. The van der Waals surface area contributed by atoms with Gasteiger partial charge in [-0.25, -0.2) is 9.78 Å². The molecule has 44 heavy (non-hydrogen) atoms. The van der Waals surface area contributed by atoms with Gasteiger partial charge in [0.05, 0.1) is 5.92 Å². The summed E-state index contributed by atoms with van der Waals surface area (Å²) in [4.78, 5) is 56.8. The van der Waals surface area contributed by atoms with E-state index in [1.54, 1.807) is 40.1 Å². The molecule has 10 nitrogen and oxygen atoms in total. The van der Waals surface area contributed by atoms with Gasteiger partial charge in [0.15, 0.2) is 6.10 Å². The topological polar surface area (TPSA) is 124 Å². The normalized spacial score (nSPS) is 14.1. The molecule has 242 valence electrons. The lowest BCUT2D eigenvalue weighted by molar-refractivity contribution is -0.148. The quantitative estimate of drug-likeness (QED) is 0.142. The van der Waals surface area contributed by atoms with Crippen LogP contribution in [0, 0.1) is 11.8 Å². The molecule has 1 heterocycles. The van der Waals surface area contributed by atoms with Gasteiger partial charge < -0.3 is 24.4 Å². The average Bonchev–Trinajstić information content (AvgIpc) is 3.43. The van der Waals surface area contributed by atoms with E-state index in [4.69, 9.17) is 14.2 Å². The van der Waals surface area contributed by atoms with Crippen molar-refractivity contribution >= 4 is 35.3 Å². The smallest absolute Gasteiger partial charge is 0.410 e. The maximum absolute atomic E-state index is 13.4. The van der Waals surface area contributed by atoms with E-state index in [0.29, 0.717) is 17.8 Å². The fourth-order valence-corrected chi connectivity index (χ4v) is 5.50. The molecule has 1 unspecified atom stereocenters. The Balaban J connectivity index is 2.26. The molecule has 2 aromatic rings. The van der Waals surface area contributed by atoms with Crippen LogP contribution >= 0.6 is 11.3 Å². The molecule has 0 radical (unpaired) electrons. The van der Waals surface area contributed by atoms with Crippen LogP contribution in [0.5, 0.6) is 0 Å². The van der Waals surface area contributed by atoms with Crippen LogP contribution in [0.15, 0.2) is 48.4 Å². The third-order valence-corrected chi connectivity index (χ3v) is 7.72. The molecule has 0 saturated carbocycles. The minimum atomic E-state index is -0.781. The van der Waals surface area contributed by atoms with Crippen molar-refractivity contribution in [1.82, 2.24) is 15.2 Å². The van der Waals surface area contributed by atoms with Gasteiger partial charge in [0.2, 0.25) is 0 Å². The highest BCUT2D eigenvalue weighted by Gasteiger charge is 2.33. The summed E-state index contributed by atoms with van der Waals surface area (Å²) < 4.78 is 16.4. The number of nitrogens with one attached hydrogen (secondary N) is 1. The molecule has 0 aliphatic heterocycles. The number of hydrogen-bond acceptors (Lipinski definition) is 9. The van der Waals surface area contributed by atoms with Crippen molar-refractivity contribution in [2.75, 3.05) is 13.7 Å². The first-order valence-corrected chi connectivity index (χ1v) is 15.7. The number of carbonyl (C=O) groups excluding carboxylic acids is 4. The highest BCUT2D eigenvalue weighted by Crippen LogP contribution is 2.31. The predicted molar refractivity (Wildman–Crippen MR) is 170 cm³/mol. The van der Waals surface area contributed by atoms with Crippen LogP contribution in [0.25, 0.3) is 0 Å². The van der Waals surface area contributed by atoms with Gasteiger partial charge >= 0.3 is 18.0 Å². The second kappa shape index (κ2) is 16.9. The van der Waals surface area contributed by atoms with E-state index in [1.165, 1.54) is 29.2 Å². The van der Waals surface area contributed by atoms with Gasteiger partial charge in [0, 0.05) is 37.9 Å². The molecule has 0 spiro atoms. The first-order chi connectivity index (χ1) is 20.6. The molecular formula is C33H47N3O7S. The van der Waals surface area contributed by atoms with E-state index in [-0.39, 0.29) is 42.7 Å².